The Morgan fingerprint density at radius 1 is 1.25 bits per heavy atom. The number of hydrogen-bond donors (Lipinski definition) is 0. The Kier molecular flexibility index (Phi) is 6.37. The van der Waals surface area contributed by atoms with E-state index >= 15 is 0 Å². The molecule has 2 heteroatoms. The van der Waals surface area contributed by atoms with E-state index in [1.165, 1.54) is 0 Å². The van der Waals surface area contributed by atoms with E-state index in [4.69, 9.17) is 0 Å². The summed E-state index contributed by atoms with van der Waals surface area (Å²) >= 11 is 0. The molecule has 0 aromatic carbocycles. The van der Waals surface area contributed by atoms with Crippen LogP contribution in [0.3, 0.4) is 0 Å². The summed E-state index contributed by atoms with van der Waals surface area (Å²) in [4.78, 5) is 17.1. The molecule has 2 nitrogen and oxygen atoms in total. The third-order valence-corrected chi connectivity index (χ3v) is 3.28. The Morgan fingerprint density at radius 2 is 1.95 bits per heavy atom. The second-order valence-electron chi connectivity index (χ2n) is 5.17. The minimum absolute atomic E-state index is 0.0573. The fourth-order valence-electron chi connectivity index (χ4n) is 2.19. The summed E-state index contributed by atoms with van der Waals surface area (Å²) in [5.74, 6) is 0.0573. The summed E-state index contributed by atoms with van der Waals surface area (Å²) in [5.41, 5.74) is 4.12. The van der Waals surface area contributed by atoms with Crippen LogP contribution in [0.15, 0.2) is 35.9 Å². The average Bonchev–Trinajstić information content (AvgIpc) is 2.39. The van der Waals surface area contributed by atoms with Crippen LogP contribution in [-0.2, 0) is 0 Å². The molecule has 0 aliphatic heterocycles. The zero-order valence-electron chi connectivity index (χ0n) is 13.1. The maximum Gasteiger partial charge on any atom is 0.194 e. The van der Waals surface area contributed by atoms with Gasteiger partial charge in [0.1, 0.15) is 0 Å². The van der Waals surface area contributed by atoms with Gasteiger partial charge >= 0.3 is 0 Å². The van der Waals surface area contributed by atoms with E-state index in [2.05, 4.69) is 25.4 Å². The molecule has 0 amide bonds. The topological polar surface area (TPSA) is 30.0 Å². The van der Waals surface area contributed by atoms with E-state index in [1.54, 1.807) is 0 Å². The second kappa shape index (κ2) is 7.78. The molecular weight excluding hydrogens is 246 g/mol. The number of carbonyl (C=O) groups excluding carboxylic acids is 1. The standard InChI is InChI=1S/C18H25NO/c1-6-8-10-16(13(3)9-7-2)18(20)17-12-11-14(4)19-15(17)5/h10-12H,3,6-9H2,1-2,4-5H3/b16-10+. The first-order chi connectivity index (χ1) is 9.51. The van der Waals surface area contributed by atoms with Crippen molar-refractivity contribution in [3.8, 4) is 0 Å². The van der Waals surface area contributed by atoms with Crippen molar-refractivity contribution in [3.63, 3.8) is 0 Å². The van der Waals surface area contributed by atoms with Crippen molar-refractivity contribution in [2.45, 2.75) is 53.4 Å². The van der Waals surface area contributed by atoms with Crippen LogP contribution in [0.5, 0.6) is 0 Å². The molecule has 0 fully saturated rings. The number of carbonyl (C=O) groups is 1. The van der Waals surface area contributed by atoms with Gasteiger partial charge in [0.15, 0.2) is 5.78 Å². The Labute approximate surface area is 122 Å². The number of ketones is 1. The zero-order chi connectivity index (χ0) is 15.1. The lowest BCUT2D eigenvalue weighted by Gasteiger charge is -2.11. The Bertz CT molecular complexity index is 526. The van der Waals surface area contributed by atoms with Gasteiger partial charge in [-0.25, -0.2) is 0 Å². The predicted octanol–water partition coefficient (Wildman–Crippen LogP) is 4.96. The first kappa shape index (κ1) is 16.4. The highest BCUT2D eigenvalue weighted by molar-refractivity contribution is 6.12. The van der Waals surface area contributed by atoms with Gasteiger partial charge in [-0.1, -0.05) is 39.3 Å². The molecule has 1 heterocycles. The maximum absolute atomic E-state index is 12.7. The van der Waals surface area contributed by atoms with Gasteiger partial charge in [0.2, 0.25) is 0 Å². The quantitative estimate of drug-likeness (QED) is 0.398. The number of hydrogen-bond acceptors (Lipinski definition) is 2. The lowest BCUT2D eigenvalue weighted by Crippen LogP contribution is -2.09. The summed E-state index contributed by atoms with van der Waals surface area (Å²) in [6, 6.07) is 3.76. The average molecular weight is 271 g/mol. The first-order valence-corrected chi connectivity index (χ1v) is 7.38. The van der Waals surface area contributed by atoms with Crippen LogP contribution in [-0.4, -0.2) is 10.8 Å². The molecule has 0 radical (unpaired) electrons. The summed E-state index contributed by atoms with van der Waals surface area (Å²) in [6.45, 7) is 12.1. The Morgan fingerprint density at radius 3 is 2.50 bits per heavy atom. The van der Waals surface area contributed by atoms with Crippen molar-refractivity contribution in [1.82, 2.24) is 4.98 Å². The van der Waals surface area contributed by atoms with Gasteiger partial charge in [0.05, 0.1) is 0 Å². The second-order valence-corrected chi connectivity index (χ2v) is 5.17. The highest BCUT2D eigenvalue weighted by Gasteiger charge is 2.17. The highest BCUT2D eigenvalue weighted by Crippen LogP contribution is 2.21. The number of nitrogens with zero attached hydrogens (tertiary/aromatic N) is 1. The molecule has 0 aliphatic rings. The summed E-state index contributed by atoms with van der Waals surface area (Å²) in [7, 11) is 0. The highest BCUT2D eigenvalue weighted by atomic mass is 16.1. The molecule has 0 N–H and O–H groups in total. The van der Waals surface area contributed by atoms with Crippen LogP contribution in [0.4, 0.5) is 0 Å². The monoisotopic (exact) mass is 271 g/mol. The van der Waals surface area contributed by atoms with E-state index in [9.17, 15) is 4.79 Å². The summed E-state index contributed by atoms with van der Waals surface area (Å²) < 4.78 is 0. The molecular formula is C18H25NO. The minimum Gasteiger partial charge on any atom is -0.289 e. The number of Topliss-reactive ketones (excluding diaryl/α,β-unsaturated/α-hetero) is 1. The van der Waals surface area contributed by atoms with Crippen LogP contribution in [0, 0.1) is 13.8 Å². The molecule has 0 saturated carbocycles. The van der Waals surface area contributed by atoms with Crippen LogP contribution in [0.1, 0.15) is 61.3 Å². The van der Waals surface area contributed by atoms with Crippen molar-refractivity contribution < 1.29 is 4.79 Å². The van der Waals surface area contributed by atoms with Gasteiger partial charge in [-0.2, -0.15) is 0 Å². The fraction of sp³-hybridized carbons (Fsp3) is 0.444. The van der Waals surface area contributed by atoms with Crippen LogP contribution >= 0.6 is 0 Å². The third-order valence-electron chi connectivity index (χ3n) is 3.28. The Balaban J connectivity index is 3.13. The molecule has 0 aliphatic carbocycles. The van der Waals surface area contributed by atoms with Gasteiger partial charge in [-0.05, 0) is 44.4 Å². The van der Waals surface area contributed by atoms with Crippen molar-refractivity contribution in [1.29, 1.82) is 0 Å². The van der Waals surface area contributed by atoms with Crippen molar-refractivity contribution in [2.24, 2.45) is 0 Å². The number of aryl methyl sites for hydroxylation is 2. The molecule has 0 saturated heterocycles. The smallest absolute Gasteiger partial charge is 0.194 e. The normalized spacial score (nSPS) is 11.5. The van der Waals surface area contributed by atoms with Gasteiger partial charge in [0, 0.05) is 22.5 Å². The molecule has 0 bridgehead atoms. The van der Waals surface area contributed by atoms with Crippen molar-refractivity contribution in [2.75, 3.05) is 0 Å². The molecule has 108 valence electrons. The maximum atomic E-state index is 12.7. The van der Waals surface area contributed by atoms with Gasteiger partial charge in [-0.3, -0.25) is 9.78 Å². The molecule has 1 rings (SSSR count). The first-order valence-electron chi connectivity index (χ1n) is 7.38. The number of pyridine rings is 1. The Hall–Kier alpha value is -1.70. The molecule has 1 aromatic rings. The van der Waals surface area contributed by atoms with E-state index in [0.717, 1.165) is 48.2 Å². The van der Waals surface area contributed by atoms with E-state index in [0.29, 0.717) is 5.56 Å². The third kappa shape index (κ3) is 4.16. The molecule has 0 unspecified atom stereocenters. The molecule has 0 atom stereocenters. The predicted molar refractivity (Wildman–Crippen MR) is 85.1 cm³/mol. The number of allylic oxidation sites excluding steroid dienone is 3. The van der Waals surface area contributed by atoms with Crippen LogP contribution in [0.2, 0.25) is 0 Å². The van der Waals surface area contributed by atoms with Gasteiger partial charge in [-0.15, -0.1) is 0 Å². The van der Waals surface area contributed by atoms with Crippen LogP contribution < -0.4 is 0 Å². The molecule has 0 spiro atoms. The number of rotatable bonds is 7. The SMILES string of the molecule is C=C(CCC)/C(=C\CCC)C(=O)c1ccc(C)nc1C. The lowest BCUT2D eigenvalue weighted by molar-refractivity contribution is 0.103. The number of aromatic nitrogens is 1. The van der Waals surface area contributed by atoms with Crippen molar-refractivity contribution in [3.05, 3.63) is 52.9 Å². The number of unbranched alkanes of at least 4 members (excludes halogenated alkanes) is 1. The van der Waals surface area contributed by atoms with Gasteiger partial charge in [0.25, 0.3) is 0 Å². The fourth-order valence-corrected chi connectivity index (χ4v) is 2.19. The van der Waals surface area contributed by atoms with Crippen molar-refractivity contribution >= 4 is 5.78 Å². The largest absolute Gasteiger partial charge is 0.289 e. The van der Waals surface area contributed by atoms with E-state index < -0.39 is 0 Å². The van der Waals surface area contributed by atoms with E-state index in [-0.39, 0.29) is 5.78 Å². The summed E-state index contributed by atoms with van der Waals surface area (Å²) in [6.07, 6.45) is 5.82. The molecule has 1 aromatic heterocycles. The zero-order valence-corrected chi connectivity index (χ0v) is 13.1. The lowest BCUT2D eigenvalue weighted by atomic mass is 9.93. The van der Waals surface area contributed by atoms with E-state index in [1.807, 2.05) is 32.1 Å². The minimum atomic E-state index is 0.0573. The molecule has 20 heavy (non-hydrogen) atoms. The van der Waals surface area contributed by atoms with Gasteiger partial charge < -0.3 is 0 Å². The summed E-state index contributed by atoms with van der Waals surface area (Å²) in [5, 5.41) is 0. The van der Waals surface area contributed by atoms with Crippen LogP contribution in [0.25, 0.3) is 0 Å².